The first-order chi connectivity index (χ1) is 6.20. The molecule has 4 heteroatoms. The van der Waals surface area contributed by atoms with Gasteiger partial charge in [-0.3, -0.25) is 4.79 Å². The van der Waals surface area contributed by atoms with Gasteiger partial charge in [-0.1, -0.05) is 0 Å². The van der Waals surface area contributed by atoms with E-state index in [2.05, 4.69) is 22.6 Å². The smallest absolute Gasteiger partial charge is 0.150 e. The largest absolute Gasteiger partial charge is 0.391 e. The third-order valence-corrected chi connectivity index (χ3v) is 3.31. The average molecular weight is 303 g/mol. The Balaban J connectivity index is 2.88. The Labute approximate surface area is 92.9 Å². The maximum absolute atomic E-state index is 10.7. The molecule has 0 aliphatic rings. The molecule has 0 atom stereocenters. The lowest BCUT2D eigenvalue weighted by atomic mass is 10.1. The number of carbonyl (C=O) groups is 1. The third kappa shape index (κ3) is 1.55. The predicted octanol–water partition coefficient (Wildman–Crippen LogP) is 2.90. The molecule has 0 saturated heterocycles. The summed E-state index contributed by atoms with van der Waals surface area (Å²) in [5.74, 6) is 0. The van der Waals surface area contributed by atoms with E-state index in [-0.39, 0.29) is 0 Å². The zero-order chi connectivity index (χ0) is 9.42. The molecule has 0 bridgehead atoms. The van der Waals surface area contributed by atoms with E-state index in [1.165, 1.54) is 11.3 Å². The van der Waals surface area contributed by atoms with Crippen LogP contribution in [0.15, 0.2) is 18.2 Å². The maximum Gasteiger partial charge on any atom is 0.150 e. The minimum absolute atomic E-state index is 0.717. The molecule has 2 N–H and O–H groups in total. The van der Waals surface area contributed by atoms with Gasteiger partial charge in [0, 0.05) is 19.2 Å². The second-order valence-electron chi connectivity index (χ2n) is 2.67. The highest BCUT2D eigenvalue weighted by molar-refractivity contribution is 14.1. The maximum atomic E-state index is 10.7. The molecule has 0 saturated carbocycles. The van der Waals surface area contributed by atoms with Gasteiger partial charge in [0.15, 0.2) is 6.29 Å². The number of halogens is 1. The number of carbonyl (C=O) groups excluding carboxylic acids is 1. The zero-order valence-corrected chi connectivity index (χ0v) is 9.56. The molecule has 1 heterocycles. The van der Waals surface area contributed by atoms with Crippen molar-refractivity contribution >= 4 is 55.3 Å². The van der Waals surface area contributed by atoms with Crippen LogP contribution < -0.4 is 5.73 Å². The van der Waals surface area contributed by atoms with Crippen molar-refractivity contribution in [3.8, 4) is 0 Å². The minimum Gasteiger partial charge on any atom is -0.391 e. The molecule has 0 radical (unpaired) electrons. The standard InChI is InChI=1S/C9H6INOS/c10-6-1-5(4-12)7-3-9(11)13-8(7)2-6/h1-4H,11H2. The van der Waals surface area contributed by atoms with Crippen LogP contribution in [0.3, 0.4) is 0 Å². The highest BCUT2D eigenvalue weighted by Gasteiger charge is 2.05. The molecule has 0 spiro atoms. The molecular formula is C9H6INOS. The summed E-state index contributed by atoms with van der Waals surface area (Å²) in [6.07, 6.45) is 0.872. The summed E-state index contributed by atoms with van der Waals surface area (Å²) in [6.45, 7) is 0. The van der Waals surface area contributed by atoms with Crippen LogP contribution in [-0.4, -0.2) is 6.29 Å². The number of nitrogen functional groups attached to an aromatic ring is 1. The van der Waals surface area contributed by atoms with Crippen LogP contribution in [0.25, 0.3) is 10.1 Å². The van der Waals surface area contributed by atoms with Crippen molar-refractivity contribution in [1.82, 2.24) is 0 Å². The number of hydrogen-bond acceptors (Lipinski definition) is 3. The highest BCUT2D eigenvalue weighted by Crippen LogP contribution is 2.30. The van der Waals surface area contributed by atoms with Gasteiger partial charge in [-0.2, -0.15) is 0 Å². The number of fused-ring (bicyclic) bond motifs is 1. The number of aldehydes is 1. The molecule has 2 aromatic rings. The summed E-state index contributed by atoms with van der Waals surface area (Å²) in [5, 5.41) is 1.71. The third-order valence-electron chi connectivity index (χ3n) is 1.78. The van der Waals surface area contributed by atoms with E-state index >= 15 is 0 Å². The highest BCUT2D eigenvalue weighted by atomic mass is 127. The Morgan fingerprint density at radius 1 is 1.38 bits per heavy atom. The number of nitrogens with two attached hydrogens (primary N) is 1. The van der Waals surface area contributed by atoms with Gasteiger partial charge in [0.2, 0.25) is 0 Å². The number of benzene rings is 1. The second-order valence-corrected chi connectivity index (χ2v) is 5.03. The quantitative estimate of drug-likeness (QED) is 0.650. The molecule has 1 aromatic heterocycles. The minimum atomic E-state index is 0.717. The van der Waals surface area contributed by atoms with Crippen LogP contribution in [0.4, 0.5) is 5.00 Å². The topological polar surface area (TPSA) is 43.1 Å². The molecule has 2 rings (SSSR count). The van der Waals surface area contributed by atoms with Gasteiger partial charge >= 0.3 is 0 Å². The number of hydrogen-bond donors (Lipinski definition) is 1. The van der Waals surface area contributed by atoms with Crippen molar-refractivity contribution in [1.29, 1.82) is 0 Å². The first-order valence-corrected chi connectivity index (χ1v) is 5.54. The molecule has 0 amide bonds. The molecule has 2 nitrogen and oxygen atoms in total. The molecule has 0 aliphatic carbocycles. The van der Waals surface area contributed by atoms with Crippen molar-refractivity contribution in [2.45, 2.75) is 0 Å². The van der Waals surface area contributed by atoms with Crippen molar-refractivity contribution in [2.24, 2.45) is 0 Å². The number of anilines is 1. The fourth-order valence-electron chi connectivity index (χ4n) is 1.25. The molecule has 0 unspecified atom stereocenters. The van der Waals surface area contributed by atoms with E-state index in [9.17, 15) is 4.79 Å². The summed E-state index contributed by atoms with van der Waals surface area (Å²) in [6, 6.07) is 5.74. The molecule has 0 aliphatic heterocycles. The fourth-order valence-corrected chi connectivity index (χ4v) is 3.01. The van der Waals surface area contributed by atoms with Gasteiger partial charge in [-0.05, 0) is 40.8 Å². The van der Waals surface area contributed by atoms with E-state index in [4.69, 9.17) is 5.73 Å². The van der Waals surface area contributed by atoms with Crippen LogP contribution in [0.5, 0.6) is 0 Å². The fraction of sp³-hybridized carbons (Fsp3) is 0. The summed E-state index contributed by atoms with van der Waals surface area (Å²) in [7, 11) is 0. The van der Waals surface area contributed by atoms with Crippen LogP contribution in [0.2, 0.25) is 0 Å². The van der Waals surface area contributed by atoms with E-state index in [0.717, 1.165) is 30.5 Å². The summed E-state index contributed by atoms with van der Waals surface area (Å²) >= 11 is 3.70. The van der Waals surface area contributed by atoms with Gasteiger partial charge in [-0.25, -0.2) is 0 Å². The van der Waals surface area contributed by atoms with Crippen molar-refractivity contribution < 1.29 is 4.79 Å². The average Bonchev–Trinajstić information content (AvgIpc) is 2.43. The summed E-state index contributed by atoms with van der Waals surface area (Å²) in [4.78, 5) is 10.7. The second kappa shape index (κ2) is 3.26. The van der Waals surface area contributed by atoms with Crippen molar-refractivity contribution in [3.05, 3.63) is 27.3 Å². The normalized spacial score (nSPS) is 10.5. The lowest BCUT2D eigenvalue weighted by molar-refractivity contribution is 0.112. The van der Waals surface area contributed by atoms with Gasteiger partial charge in [0.05, 0.1) is 5.00 Å². The zero-order valence-electron chi connectivity index (χ0n) is 6.58. The monoisotopic (exact) mass is 303 g/mol. The molecular weight excluding hydrogens is 297 g/mol. The van der Waals surface area contributed by atoms with Crippen LogP contribution in [0, 0.1) is 3.57 Å². The molecule has 66 valence electrons. The Hall–Kier alpha value is -0.620. The van der Waals surface area contributed by atoms with Gasteiger partial charge in [0.1, 0.15) is 0 Å². The predicted molar refractivity (Wildman–Crippen MR) is 64.3 cm³/mol. The summed E-state index contributed by atoms with van der Waals surface area (Å²) in [5.41, 5.74) is 6.38. The molecule has 13 heavy (non-hydrogen) atoms. The van der Waals surface area contributed by atoms with Crippen LogP contribution in [-0.2, 0) is 0 Å². The van der Waals surface area contributed by atoms with Gasteiger partial charge in [0.25, 0.3) is 0 Å². The lowest BCUT2D eigenvalue weighted by Gasteiger charge is -1.95. The van der Waals surface area contributed by atoms with Crippen LogP contribution in [0.1, 0.15) is 10.4 Å². The Bertz CT molecular complexity index is 478. The first kappa shape index (κ1) is 8.96. The van der Waals surface area contributed by atoms with E-state index < -0.39 is 0 Å². The molecule has 1 aromatic carbocycles. The van der Waals surface area contributed by atoms with Gasteiger partial charge in [-0.15, -0.1) is 11.3 Å². The van der Waals surface area contributed by atoms with Crippen molar-refractivity contribution in [3.63, 3.8) is 0 Å². The Morgan fingerprint density at radius 3 is 2.85 bits per heavy atom. The van der Waals surface area contributed by atoms with Gasteiger partial charge < -0.3 is 5.73 Å². The van der Waals surface area contributed by atoms with E-state index in [0.29, 0.717) is 0 Å². The Kier molecular flexibility index (Phi) is 2.25. The lowest BCUT2D eigenvalue weighted by Crippen LogP contribution is -1.81. The first-order valence-electron chi connectivity index (χ1n) is 3.64. The molecule has 0 fully saturated rings. The van der Waals surface area contributed by atoms with Crippen LogP contribution >= 0.6 is 33.9 Å². The number of rotatable bonds is 1. The van der Waals surface area contributed by atoms with Crippen molar-refractivity contribution in [2.75, 3.05) is 5.73 Å². The van der Waals surface area contributed by atoms with E-state index in [1.807, 2.05) is 18.2 Å². The number of thiophene rings is 1. The van der Waals surface area contributed by atoms with E-state index in [1.54, 1.807) is 0 Å². The Morgan fingerprint density at radius 2 is 2.15 bits per heavy atom. The SMILES string of the molecule is Nc1cc2c(C=O)cc(I)cc2s1. The summed E-state index contributed by atoms with van der Waals surface area (Å²) < 4.78 is 2.14.